The molecule has 0 N–H and O–H groups in total. The molecule has 1 unspecified atom stereocenters. The van der Waals surface area contributed by atoms with E-state index in [-0.39, 0.29) is 0 Å². The molecule has 0 radical (unpaired) electrons. The lowest BCUT2D eigenvalue weighted by molar-refractivity contribution is 0.229. The number of hydrogen-bond donors (Lipinski definition) is 0. The molecule has 96 valence electrons. The highest BCUT2D eigenvalue weighted by atomic mass is 14.3. The van der Waals surface area contributed by atoms with Crippen LogP contribution >= 0.6 is 0 Å². The van der Waals surface area contributed by atoms with E-state index in [1.54, 1.807) is 0 Å². The van der Waals surface area contributed by atoms with Gasteiger partial charge in [-0.15, -0.1) is 0 Å². The highest BCUT2D eigenvalue weighted by molar-refractivity contribution is 5.26. The van der Waals surface area contributed by atoms with E-state index in [0.717, 1.165) is 0 Å². The zero-order valence-corrected chi connectivity index (χ0v) is 12.6. The maximum Gasteiger partial charge on any atom is -0.0108 e. The van der Waals surface area contributed by atoms with Crippen molar-refractivity contribution in [1.82, 2.24) is 0 Å². The van der Waals surface area contributed by atoms with Crippen LogP contribution in [0.4, 0.5) is 0 Å². The molecule has 0 saturated carbocycles. The van der Waals surface area contributed by atoms with Crippen LogP contribution in [-0.2, 0) is 0 Å². The van der Waals surface area contributed by atoms with Gasteiger partial charge < -0.3 is 0 Å². The summed E-state index contributed by atoms with van der Waals surface area (Å²) in [5.41, 5.74) is 3.53. The van der Waals surface area contributed by atoms with Crippen molar-refractivity contribution in [2.45, 2.75) is 60.8 Å². The van der Waals surface area contributed by atoms with Gasteiger partial charge >= 0.3 is 0 Å². The molecule has 0 aliphatic carbocycles. The Bertz CT molecular complexity index is 343. The summed E-state index contributed by atoms with van der Waals surface area (Å²) in [5, 5.41) is 0. The smallest absolute Gasteiger partial charge is 0.0108 e. The van der Waals surface area contributed by atoms with Gasteiger partial charge in [0, 0.05) is 0 Å². The van der Waals surface area contributed by atoms with E-state index < -0.39 is 0 Å². The van der Waals surface area contributed by atoms with Gasteiger partial charge in [0.05, 0.1) is 0 Å². The summed E-state index contributed by atoms with van der Waals surface area (Å²) in [5.74, 6) is 0.628. The van der Waals surface area contributed by atoms with Crippen molar-refractivity contribution in [3.05, 3.63) is 35.4 Å². The number of aryl methyl sites for hydroxylation is 1. The molecular formula is C17H28. The number of rotatable bonds is 2. The maximum absolute atomic E-state index is 2.35. The first-order chi connectivity index (χ1) is 7.59. The molecule has 17 heavy (non-hydrogen) atoms. The normalized spacial score (nSPS) is 14.8. The maximum atomic E-state index is 2.35. The largest absolute Gasteiger partial charge is 0.0602 e. The standard InChI is InChI=1S/C17H28/c1-13-8-10-14(11-9-13)15(17(5,6)7)12-16(2,3)4/h8-11,15H,12H2,1-7H3. The van der Waals surface area contributed by atoms with E-state index in [2.05, 4.69) is 72.7 Å². The van der Waals surface area contributed by atoms with Gasteiger partial charge in [0.1, 0.15) is 0 Å². The minimum absolute atomic E-state index is 0.322. The molecule has 1 atom stereocenters. The molecule has 0 heterocycles. The molecule has 1 aromatic carbocycles. The van der Waals surface area contributed by atoms with Crippen molar-refractivity contribution >= 4 is 0 Å². The Morgan fingerprint density at radius 2 is 1.35 bits per heavy atom. The van der Waals surface area contributed by atoms with Crippen molar-refractivity contribution in [3.8, 4) is 0 Å². The first-order valence-electron chi connectivity index (χ1n) is 6.66. The molecule has 0 fully saturated rings. The Balaban J connectivity index is 3.03. The molecule has 0 aromatic heterocycles. The van der Waals surface area contributed by atoms with Gasteiger partial charge in [-0.2, -0.15) is 0 Å². The van der Waals surface area contributed by atoms with Gasteiger partial charge in [-0.1, -0.05) is 71.4 Å². The lowest BCUT2D eigenvalue weighted by Gasteiger charge is -2.36. The van der Waals surface area contributed by atoms with Gasteiger partial charge in [-0.05, 0) is 35.7 Å². The van der Waals surface area contributed by atoms with Crippen LogP contribution in [0.1, 0.15) is 65.0 Å². The molecule has 0 saturated heterocycles. The molecule has 1 rings (SSSR count). The summed E-state index contributed by atoms with van der Waals surface area (Å²) in [7, 11) is 0. The van der Waals surface area contributed by atoms with Crippen molar-refractivity contribution in [1.29, 1.82) is 0 Å². The molecule has 0 nitrogen and oxygen atoms in total. The van der Waals surface area contributed by atoms with E-state index in [0.29, 0.717) is 16.7 Å². The zero-order valence-electron chi connectivity index (χ0n) is 12.6. The van der Waals surface area contributed by atoms with Gasteiger partial charge in [-0.3, -0.25) is 0 Å². The van der Waals surface area contributed by atoms with E-state index in [4.69, 9.17) is 0 Å². The van der Waals surface area contributed by atoms with Crippen LogP contribution in [-0.4, -0.2) is 0 Å². The third kappa shape index (κ3) is 4.53. The fourth-order valence-electron chi connectivity index (χ4n) is 2.34. The minimum atomic E-state index is 0.322. The van der Waals surface area contributed by atoms with Crippen LogP contribution in [0.25, 0.3) is 0 Å². The van der Waals surface area contributed by atoms with Crippen LogP contribution in [0.3, 0.4) is 0 Å². The van der Waals surface area contributed by atoms with Crippen LogP contribution in [0.15, 0.2) is 24.3 Å². The summed E-state index contributed by atoms with van der Waals surface area (Å²) in [6.45, 7) is 16.2. The highest BCUT2D eigenvalue weighted by Gasteiger charge is 2.30. The van der Waals surface area contributed by atoms with Gasteiger partial charge in [0.15, 0.2) is 0 Å². The summed E-state index contributed by atoms with van der Waals surface area (Å²) in [4.78, 5) is 0. The summed E-state index contributed by atoms with van der Waals surface area (Å²) in [6.07, 6.45) is 1.24. The quantitative estimate of drug-likeness (QED) is 0.626. The number of benzene rings is 1. The van der Waals surface area contributed by atoms with Crippen LogP contribution in [0.2, 0.25) is 0 Å². The first-order valence-corrected chi connectivity index (χ1v) is 6.66. The predicted molar refractivity (Wildman–Crippen MR) is 77.4 cm³/mol. The van der Waals surface area contributed by atoms with E-state index in [9.17, 15) is 0 Å². The average molecular weight is 232 g/mol. The van der Waals surface area contributed by atoms with Gasteiger partial charge in [0.2, 0.25) is 0 Å². The highest BCUT2D eigenvalue weighted by Crippen LogP contribution is 2.42. The molecule has 0 heteroatoms. The second-order valence-corrected chi connectivity index (χ2v) is 7.59. The Morgan fingerprint density at radius 1 is 0.882 bits per heavy atom. The third-order valence-corrected chi connectivity index (χ3v) is 3.34. The Kier molecular flexibility index (Phi) is 4.06. The lowest BCUT2D eigenvalue weighted by Crippen LogP contribution is -2.23. The minimum Gasteiger partial charge on any atom is -0.0602 e. The van der Waals surface area contributed by atoms with Crippen LogP contribution in [0.5, 0.6) is 0 Å². The Hall–Kier alpha value is -0.780. The topological polar surface area (TPSA) is 0 Å². The monoisotopic (exact) mass is 232 g/mol. The second-order valence-electron chi connectivity index (χ2n) is 7.59. The average Bonchev–Trinajstić information content (AvgIpc) is 2.13. The molecule has 0 aliphatic rings. The summed E-state index contributed by atoms with van der Waals surface area (Å²) < 4.78 is 0. The zero-order chi connectivity index (χ0) is 13.3. The molecule has 0 aliphatic heterocycles. The molecule has 0 bridgehead atoms. The van der Waals surface area contributed by atoms with E-state index in [1.165, 1.54) is 17.5 Å². The summed E-state index contributed by atoms with van der Waals surface area (Å²) in [6, 6.07) is 9.07. The fourth-order valence-corrected chi connectivity index (χ4v) is 2.34. The van der Waals surface area contributed by atoms with Gasteiger partial charge in [0.25, 0.3) is 0 Å². The Labute approximate surface area is 107 Å². The summed E-state index contributed by atoms with van der Waals surface area (Å²) >= 11 is 0. The lowest BCUT2D eigenvalue weighted by atomic mass is 9.69. The van der Waals surface area contributed by atoms with Gasteiger partial charge in [-0.25, -0.2) is 0 Å². The first kappa shape index (κ1) is 14.3. The molecule has 0 amide bonds. The van der Waals surface area contributed by atoms with Crippen LogP contribution in [0, 0.1) is 17.8 Å². The van der Waals surface area contributed by atoms with Crippen molar-refractivity contribution < 1.29 is 0 Å². The number of hydrogen-bond acceptors (Lipinski definition) is 0. The fraction of sp³-hybridized carbons (Fsp3) is 0.647. The van der Waals surface area contributed by atoms with Crippen molar-refractivity contribution in [2.75, 3.05) is 0 Å². The predicted octanol–water partition coefficient (Wildman–Crippen LogP) is 5.56. The second kappa shape index (κ2) is 4.84. The van der Waals surface area contributed by atoms with Crippen molar-refractivity contribution in [2.24, 2.45) is 10.8 Å². The van der Waals surface area contributed by atoms with E-state index >= 15 is 0 Å². The Morgan fingerprint density at radius 3 is 1.71 bits per heavy atom. The molecular weight excluding hydrogens is 204 g/mol. The van der Waals surface area contributed by atoms with Crippen LogP contribution < -0.4 is 0 Å². The van der Waals surface area contributed by atoms with E-state index in [1.807, 2.05) is 0 Å². The molecule has 0 spiro atoms. The SMILES string of the molecule is Cc1ccc(C(CC(C)(C)C)C(C)(C)C)cc1. The third-order valence-electron chi connectivity index (χ3n) is 3.34. The van der Waals surface area contributed by atoms with Crippen molar-refractivity contribution in [3.63, 3.8) is 0 Å². The molecule has 1 aromatic rings.